The zero-order valence-electron chi connectivity index (χ0n) is 7.59. The quantitative estimate of drug-likeness (QED) is 0.841. The summed E-state index contributed by atoms with van der Waals surface area (Å²) in [6.07, 6.45) is 2.30. The molecular weight excluding hydrogens is 204 g/mol. The third-order valence-corrected chi connectivity index (χ3v) is 3.72. The predicted octanol–water partition coefficient (Wildman–Crippen LogP) is 2.33. The number of nitrogens with two attached hydrogens (primary N) is 1. The van der Waals surface area contributed by atoms with Gasteiger partial charge in [-0.3, -0.25) is 0 Å². The fourth-order valence-electron chi connectivity index (χ4n) is 1.38. The van der Waals surface area contributed by atoms with E-state index < -0.39 is 0 Å². The summed E-state index contributed by atoms with van der Waals surface area (Å²) < 4.78 is 0.837. The number of rotatable bonds is 3. The summed E-state index contributed by atoms with van der Waals surface area (Å²) in [7, 11) is 2.06. The van der Waals surface area contributed by atoms with Gasteiger partial charge in [0.15, 0.2) is 0 Å². The molecule has 0 bridgehead atoms. The van der Waals surface area contributed by atoms with Gasteiger partial charge in [0.25, 0.3) is 0 Å². The van der Waals surface area contributed by atoms with Crippen molar-refractivity contribution in [2.45, 2.75) is 18.4 Å². The van der Waals surface area contributed by atoms with Gasteiger partial charge in [0, 0.05) is 19.1 Å². The van der Waals surface area contributed by atoms with E-state index in [-0.39, 0.29) is 5.54 Å². The molecule has 1 aliphatic rings. The Hall–Kier alpha value is -0.250. The molecule has 4 heteroatoms. The molecule has 0 aromatic carbocycles. The second kappa shape index (κ2) is 3.15. The highest BCUT2D eigenvalue weighted by Gasteiger charge is 2.39. The van der Waals surface area contributed by atoms with E-state index in [2.05, 4.69) is 11.9 Å². The van der Waals surface area contributed by atoms with Crippen LogP contribution in [0.3, 0.4) is 0 Å². The van der Waals surface area contributed by atoms with Crippen LogP contribution in [0, 0.1) is 0 Å². The molecule has 1 aromatic heterocycles. The van der Waals surface area contributed by atoms with Crippen molar-refractivity contribution >= 4 is 27.9 Å². The van der Waals surface area contributed by atoms with Crippen LogP contribution in [0.15, 0.2) is 12.1 Å². The molecule has 72 valence electrons. The van der Waals surface area contributed by atoms with Crippen LogP contribution < -0.4 is 10.6 Å². The average molecular weight is 217 g/mol. The van der Waals surface area contributed by atoms with Crippen LogP contribution >= 0.6 is 22.9 Å². The summed E-state index contributed by atoms with van der Waals surface area (Å²) in [6.45, 7) is 0.934. The number of halogens is 1. The lowest BCUT2D eigenvalue weighted by molar-refractivity contribution is 0.663. The van der Waals surface area contributed by atoms with Gasteiger partial charge in [0.1, 0.15) is 0 Å². The van der Waals surface area contributed by atoms with E-state index in [0.29, 0.717) is 0 Å². The minimum Gasteiger partial charge on any atom is -0.365 e. The Bertz CT molecular complexity index is 306. The molecule has 0 amide bonds. The fourth-order valence-corrected chi connectivity index (χ4v) is 2.37. The van der Waals surface area contributed by atoms with E-state index >= 15 is 0 Å². The number of hydrogen-bond donors (Lipinski definition) is 1. The van der Waals surface area contributed by atoms with Crippen molar-refractivity contribution in [2.24, 2.45) is 5.73 Å². The maximum absolute atomic E-state index is 6.02. The largest absolute Gasteiger partial charge is 0.365 e. The van der Waals surface area contributed by atoms with E-state index in [4.69, 9.17) is 17.3 Å². The molecule has 1 saturated carbocycles. The topological polar surface area (TPSA) is 29.3 Å². The lowest BCUT2D eigenvalue weighted by Gasteiger charge is -2.20. The van der Waals surface area contributed by atoms with E-state index in [1.54, 1.807) is 11.3 Å². The first kappa shape index (κ1) is 9.31. The highest BCUT2D eigenvalue weighted by Crippen LogP contribution is 2.36. The third kappa shape index (κ3) is 2.16. The molecule has 1 heterocycles. The van der Waals surface area contributed by atoms with Gasteiger partial charge in [-0.25, -0.2) is 0 Å². The Balaban J connectivity index is 2.00. The minimum absolute atomic E-state index is 0.0746. The maximum Gasteiger partial charge on any atom is 0.0950 e. The standard InChI is InChI=1S/C9H13ClN2S/c1-12(6-9(11)4-5-9)8-3-2-7(10)13-8/h2-3H,4-6,11H2,1H3. The Labute approximate surface area is 87.3 Å². The molecule has 2 nitrogen and oxygen atoms in total. The van der Waals surface area contributed by atoms with E-state index in [1.807, 2.05) is 12.1 Å². The molecule has 13 heavy (non-hydrogen) atoms. The number of likely N-dealkylation sites (N-methyl/N-ethyl adjacent to an activating group) is 1. The summed E-state index contributed by atoms with van der Waals surface area (Å²) in [4.78, 5) is 2.18. The molecule has 0 saturated heterocycles. The summed E-state index contributed by atoms with van der Waals surface area (Å²) in [5, 5.41) is 1.20. The molecule has 2 N–H and O–H groups in total. The average Bonchev–Trinajstić information content (AvgIpc) is 2.62. The van der Waals surface area contributed by atoms with Crippen molar-refractivity contribution in [3.63, 3.8) is 0 Å². The third-order valence-electron chi connectivity index (χ3n) is 2.38. The molecule has 0 aliphatic heterocycles. The zero-order chi connectivity index (χ0) is 9.47. The van der Waals surface area contributed by atoms with Crippen LogP contribution in [0.25, 0.3) is 0 Å². The van der Waals surface area contributed by atoms with Gasteiger partial charge >= 0.3 is 0 Å². The first-order valence-electron chi connectivity index (χ1n) is 4.34. The number of nitrogens with zero attached hydrogens (tertiary/aromatic N) is 1. The minimum atomic E-state index is 0.0746. The molecule has 1 aliphatic carbocycles. The van der Waals surface area contributed by atoms with E-state index in [0.717, 1.165) is 23.7 Å². The van der Waals surface area contributed by atoms with Crippen molar-refractivity contribution in [2.75, 3.05) is 18.5 Å². The number of thiophene rings is 1. The molecular formula is C9H13ClN2S. The van der Waals surface area contributed by atoms with Crippen LogP contribution in [0.1, 0.15) is 12.8 Å². The lowest BCUT2D eigenvalue weighted by atomic mass is 10.3. The monoisotopic (exact) mass is 216 g/mol. The first-order chi connectivity index (χ1) is 6.09. The zero-order valence-corrected chi connectivity index (χ0v) is 9.16. The van der Waals surface area contributed by atoms with Gasteiger partial charge in [-0.15, -0.1) is 11.3 Å². The van der Waals surface area contributed by atoms with Crippen LogP contribution in [0.2, 0.25) is 4.34 Å². The van der Waals surface area contributed by atoms with Gasteiger partial charge in [0.05, 0.1) is 9.34 Å². The number of anilines is 1. The van der Waals surface area contributed by atoms with Crippen LogP contribution in [0.4, 0.5) is 5.00 Å². The second-order valence-electron chi connectivity index (χ2n) is 3.80. The normalized spacial score (nSPS) is 18.7. The van der Waals surface area contributed by atoms with Crippen molar-refractivity contribution in [3.8, 4) is 0 Å². The Morgan fingerprint density at radius 2 is 2.31 bits per heavy atom. The molecule has 0 unspecified atom stereocenters. The molecule has 1 aromatic rings. The van der Waals surface area contributed by atoms with Crippen molar-refractivity contribution in [1.29, 1.82) is 0 Å². The highest BCUT2D eigenvalue weighted by molar-refractivity contribution is 7.19. The van der Waals surface area contributed by atoms with Crippen molar-refractivity contribution < 1.29 is 0 Å². The summed E-state index contributed by atoms with van der Waals surface area (Å²) in [5.41, 5.74) is 6.10. The Morgan fingerprint density at radius 1 is 1.62 bits per heavy atom. The first-order valence-corrected chi connectivity index (χ1v) is 5.54. The molecule has 2 rings (SSSR count). The van der Waals surface area contributed by atoms with Crippen molar-refractivity contribution in [1.82, 2.24) is 0 Å². The summed E-state index contributed by atoms with van der Waals surface area (Å²) >= 11 is 7.45. The second-order valence-corrected chi connectivity index (χ2v) is 5.49. The summed E-state index contributed by atoms with van der Waals surface area (Å²) in [6, 6.07) is 3.97. The SMILES string of the molecule is CN(CC1(N)CC1)c1ccc(Cl)s1. The number of hydrogen-bond acceptors (Lipinski definition) is 3. The highest BCUT2D eigenvalue weighted by atomic mass is 35.5. The Morgan fingerprint density at radius 3 is 2.77 bits per heavy atom. The van der Waals surface area contributed by atoms with Crippen LogP contribution in [0.5, 0.6) is 0 Å². The summed E-state index contributed by atoms with van der Waals surface area (Å²) in [5.74, 6) is 0. The smallest absolute Gasteiger partial charge is 0.0950 e. The van der Waals surface area contributed by atoms with Gasteiger partial charge in [-0.1, -0.05) is 11.6 Å². The van der Waals surface area contributed by atoms with Gasteiger partial charge in [-0.2, -0.15) is 0 Å². The molecule has 0 spiro atoms. The van der Waals surface area contributed by atoms with Crippen molar-refractivity contribution in [3.05, 3.63) is 16.5 Å². The van der Waals surface area contributed by atoms with Gasteiger partial charge < -0.3 is 10.6 Å². The molecule has 0 radical (unpaired) electrons. The van der Waals surface area contributed by atoms with E-state index in [9.17, 15) is 0 Å². The van der Waals surface area contributed by atoms with Gasteiger partial charge in [-0.05, 0) is 25.0 Å². The fraction of sp³-hybridized carbons (Fsp3) is 0.556. The Kier molecular flexibility index (Phi) is 2.26. The molecule has 0 atom stereocenters. The van der Waals surface area contributed by atoms with Crippen LogP contribution in [-0.2, 0) is 0 Å². The van der Waals surface area contributed by atoms with E-state index in [1.165, 1.54) is 5.00 Å². The predicted molar refractivity (Wildman–Crippen MR) is 58.8 cm³/mol. The molecule has 1 fully saturated rings. The maximum atomic E-state index is 6.02. The van der Waals surface area contributed by atoms with Gasteiger partial charge in [0.2, 0.25) is 0 Å². The van der Waals surface area contributed by atoms with Crippen LogP contribution in [-0.4, -0.2) is 19.1 Å². The lowest BCUT2D eigenvalue weighted by Crippen LogP contribution is -2.36.